The number of carboxylic acids is 2. The van der Waals surface area contributed by atoms with Gasteiger partial charge in [-0.2, -0.15) is 11.8 Å². The Kier molecular flexibility index (Phi) is 39.6. The van der Waals surface area contributed by atoms with Gasteiger partial charge in [-0.1, -0.05) is 50.2 Å². The molecular formula is C84H116N20O25S. The number of nitrogens with one attached hydrogen (secondary N) is 13. The molecule has 45 nitrogen and oxygen atoms in total. The Bertz CT molecular complexity index is 4700. The SMILES string of the molecule is CSCC[C@H](NC(=O)[C@H](Cc1ccc(O)cc1)NC(=O)[C@@H](N)[C@@H](C)O)C(=O)N[C@@H](CCC(N)=O)C(=O)N[C@@H](Cc1ccc(O)cc1)C(=O)N[C@@H](CC(C)C)C(=O)N[C@@H](CC(N)=O)C(=O)N1CCC[C@H]1C(=O)N1CCC[C@H]1C(=O)N1CCC[C@H]1C(=O)N[C@@H](Cc1ccc(O)cc1)C(=O)N[C@@H](C)C(=O)N[C@@H](CC(=O)O)C(=O)N[C@@H](Cc1cnc[nH]1)C(=O)NCC(=O)N[C@@H](C)C(=O)O. The molecule has 1 aromatic heterocycles. The zero-order valence-electron chi connectivity index (χ0n) is 72.6. The third-order valence-corrected chi connectivity index (χ3v) is 22.4. The van der Waals surface area contributed by atoms with Crippen LogP contribution in [0.4, 0.5) is 0 Å². The fourth-order valence-corrected chi connectivity index (χ4v) is 15.2. The molecule has 0 aliphatic carbocycles. The number of hydrogen-bond donors (Lipinski definition) is 22. The number of thioether (sulfide) groups is 1. The van der Waals surface area contributed by atoms with Crippen LogP contribution >= 0.6 is 11.8 Å². The number of benzene rings is 3. The number of primary amides is 2. The maximum Gasteiger partial charge on any atom is 0.325 e. The largest absolute Gasteiger partial charge is 0.508 e. The van der Waals surface area contributed by atoms with Gasteiger partial charge >= 0.3 is 11.9 Å². The number of phenols is 3. The number of aliphatic hydroxyl groups is 1. The van der Waals surface area contributed by atoms with Crippen LogP contribution in [0.15, 0.2) is 85.3 Å². The highest BCUT2D eigenvalue weighted by Gasteiger charge is 2.48. The third kappa shape index (κ3) is 31.7. The van der Waals surface area contributed by atoms with Crippen LogP contribution in [0.5, 0.6) is 17.2 Å². The number of carboxylic acid groups (broad SMARTS) is 2. The summed E-state index contributed by atoms with van der Waals surface area (Å²) in [6.07, 6.45) is -0.467. The molecule has 4 aromatic rings. The number of aromatic nitrogens is 2. The summed E-state index contributed by atoms with van der Waals surface area (Å²) < 4.78 is 0. The molecule has 46 heteroatoms. The fourth-order valence-electron chi connectivity index (χ4n) is 14.8. The van der Waals surface area contributed by atoms with Gasteiger partial charge in [0, 0.05) is 63.6 Å². The average Bonchev–Trinajstić information content (AvgIpc) is 1.63. The highest BCUT2D eigenvalue weighted by Crippen LogP contribution is 2.30. The summed E-state index contributed by atoms with van der Waals surface area (Å²) in [5.74, 6) is -19.9. The Morgan fingerprint density at radius 3 is 1.35 bits per heavy atom. The Hall–Kier alpha value is -13.5. The van der Waals surface area contributed by atoms with E-state index in [0.717, 1.165) is 4.90 Å². The normalized spacial score (nSPS) is 17.7. The molecule has 130 heavy (non-hydrogen) atoms. The van der Waals surface area contributed by atoms with Crippen LogP contribution in [0.2, 0.25) is 0 Å². The maximum atomic E-state index is 15.1. The van der Waals surface area contributed by atoms with Crippen LogP contribution in [-0.4, -0.2) is 303 Å². The monoisotopic (exact) mass is 1840 g/mol. The highest BCUT2D eigenvalue weighted by molar-refractivity contribution is 7.98. The molecule has 3 aliphatic rings. The molecule has 0 bridgehead atoms. The summed E-state index contributed by atoms with van der Waals surface area (Å²) in [6, 6.07) is -6.27. The predicted octanol–water partition coefficient (Wildman–Crippen LogP) is -5.53. The Labute approximate surface area is 751 Å². The van der Waals surface area contributed by atoms with Crippen LogP contribution in [0.1, 0.15) is 134 Å². The number of aliphatic hydroxyl groups excluding tert-OH is 1. The van der Waals surface area contributed by atoms with Gasteiger partial charge in [0.15, 0.2) is 0 Å². The molecule has 3 aromatic carbocycles. The smallest absolute Gasteiger partial charge is 0.325 e. The number of amides is 17. The first-order valence-electron chi connectivity index (χ1n) is 42.3. The minimum absolute atomic E-state index is 0.00480. The summed E-state index contributed by atoms with van der Waals surface area (Å²) >= 11 is 1.28. The van der Waals surface area contributed by atoms with Gasteiger partial charge in [-0.15, -0.1) is 0 Å². The molecule has 25 N–H and O–H groups in total. The van der Waals surface area contributed by atoms with E-state index in [-0.39, 0.29) is 125 Å². The van der Waals surface area contributed by atoms with Gasteiger partial charge in [-0.05, 0) is 150 Å². The number of aliphatic carboxylic acids is 2. The zero-order valence-corrected chi connectivity index (χ0v) is 73.4. The topological polar surface area (TPSA) is 707 Å². The van der Waals surface area contributed by atoms with Crippen molar-refractivity contribution in [2.45, 2.75) is 234 Å². The van der Waals surface area contributed by atoms with E-state index >= 15 is 9.59 Å². The lowest BCUT2D eigenvalue weighted by atomic mass is 10.00. The molecule has 0 unspecified atom stereocenters. The van der Waals surface area contributed by atoms with E-state index in [1.807, 2.05) is 0 Å². The molecule has 16 atom stereocenters. The maximum absolute atomic E-state index is 15.1. The summed E-state index contributed by atoms with van der Waals surface area (Å²) in [5, 5.41) is 89.0. The molecule has 0 saturated carbocycles. The van der Waals surface area contributed by atoms with Gasteiger partial charge in [0.2, 0.25) is 100 Å². The summed E-state index contributed by atoms with van der Waals surface area (Å²) in [5.41, 5.74) is 18.7. The quantitative estimate of drug-likeness (QED) is 0.0196. The molecule has 0 spiro atoms. The zero-order chi connectivity index (χ0) is 95.9. The number of likely N-dealkylation sites (tertiary alicyclic amines) is 3. The summed E-state index contributed by atoms with van der Waals surface area (Å²) in [7, 11) is 0. The van der Waals surface area contributed by atoms with Gasteiger partial charge in [-0.3, -0.25) is 91.1 Å². The van der Waals surface area contributed by atoms with Crippen molar-refractivity contribution in [2.75, 3.05) is 38.2 Å². The number of carbonyl (C=O) groups excluding carboxylic acids is 17. The van der Waals surface area contributed by atoms with E-state index in [0.29, 0.717) is 16.7 Å². The lowest BCUT2D eigenvalue weighted by Crippen LogP contribution is -2.61. The van der Waals surface area contributed by atoms with E-state index in [4.69, 9.17) is 17.2 Å². The number of hydrogen-bond acceptors (Lipinski definition) is 26. The first-order chi connectivity index (χ1) is 61.5. The number of rotatable bonds is 49. The molecule has 0 radical (unpaired) electrons. The Morgan fingerprint density at radius 2 is 0.877 bits per heavy atom. The Morgan fingerprint density at radius 1 is 0.462 bits per heavy atom. The van der Waals surface area contributed by atoms with Crippen LogP contribution in [0.25, 0.3) is 0 Å². The van der Waals surface area contributed by atoms with E-state index in [9.17, 15) is 112 Å². The van der Waals surface area contributed by atoms with Crippen LogP contribution in [0, 0.1) is 5.92 Å². The van der Waals surface area contributed by atoms with Crippen LogP contribution < -0.4 is 81.0 Å². The van der Waals surface area contributed by atoms with Crippen molar-refractivity contribution >= 4 is 124 Å². The van der Waals surface area contributed by atoms with Crippen LogP contribution in [-0.2, 0) is 117 Å². The first kappa shape index (κ1) is 104. The van der Waals surface area contributed by atoms with Crippen molar-refractivity contribution in [3.63, 3.8) is 0 Å². The van der Waals surface area contributed by atoms with E-state index < -0.39 is 247 Å². The van der Waals surface area contributed by atoms with E-state index in [2.05, 4.69) is 73.8 Å². The van der Waals surface area contributed by atoms with Gasteiger partial charge < -0.3 is 131 Å². The molecular weight excluding hydrogens is 1720 g/mol. The average molecular weight is 1840 g/mol. The second-order valence-electron chi connectivity index (χ2n) is 32.5. The number of H-pyrrole nitrogens is 1. The number of imidazole rings is 1. The number of aromatic hydroxyl groups is 3. The van der Waals surface area contributed by atoms with Crippen molar-refractivity contribution < 1.29 is 122 Å². The lowest BCUT2D eigenvalue weighted by Gasteiger charge is -2.35. The standard InChI is InChI=1S/C84H116N20O25S/c1-42(2)32-55(96-77(121)57(34-47-15-21-51(107)22-16-47)97-72(116)53(25-26-65(85)109)93-73(117)54(27-31-130-6)94-76(120)58(100-80(124)69(87)45(5)105)35-48-17-23-52(108)24-18-48)75(119)101-61(37-66(86)110)81(125)103-29-8-11-63(103)83(127)104-30-9-12-64(104)82(126)102-28-7-10-62(102)79(123)99-56(33-46-13-19-50(106)20-14-46)74(118)92-43(3)70(114)95-60(38-68(112)113)78(122)98-59(36-49-39-88-41-90-49)71(115)89-40-67(111)91-44(4)84(128)129/h13-24,39,41-45,53-64,69,105-108H,7-12,25-38,40,87H2,1-6H3,(H2,85,109)(H2,86,110)(H,88,90)(H,89,115)(H,91,111)(H,92,118)(H,93,117)(H,94,120)(H,95,114)(H,96,121)(H,97,116)(H,98,122)(H,99,123)(H,100,124)(H,101,119)(H,112,113)(H,128,129)/t43-,44-,45+,53-,54-,55-,56-,57-,58-,59-,60-,61-,62-,63-,64-,69-/m0/s1. The molecule has 7 rings (SSSR count). The van der Waals surface area contributed by atoms with Gasteiger partial charge in [-0.25, -0.2) is 4.98 Å². The minimum atomic E-state index is -1.92. The fraction of sp³-hybridized carbons (Fsp3) is 0.524. The van der Waals surface area contributed by atoms with Crippen molar-refractivity contribution in [3.05, 3.63) is 108 Å². The van der Waals surface area contributed by atoms with Crippen molar-refractivity contribution in [2.24, 2.45) is 23.1 Å². The number of aromatic amines is 1. The van der Waals surface area contributed by atoms with Gasteiger partial charge in [0.1, 0.15) is 108 Å². The van der Waals surface area contributed by atoms with Crippen molar-refractivity contribution in [3.8, 4) is 17.2 Å². The molecule has 4 heterocycles. The Balaban J connectivity index is 1.04. The number of nitrogens with two attached hydrogens (primary N) is 3. The van der Waals surface area contributed by atoms with Crippen LogP contribution in [0.3, 0.4) is 0 Å². The second kappa shape index (κ2) is 49.7. The van der Waals surface area contributed by atoms with Crippen molar-refractivity contribution in [1.82, 2.24) is 88.5 Å². The minimum Gasteiger partial charge on any atom is -0.508 e. The summed E-state index contributed by atoms with van der Waals surface area (Å²) in [6.45, 7) is 6.12. The van der Waals surface area contributed by atoms with Gasteiger partial charge in [0.05, 0.1) is 31.8 Å². The molecule has 17 amide bonds. The lowest BCUT2D eigenvalue weighted by molar-refractivity contribution is -0.151. The molecule has 3 fully saturated rings. The molecule has 3 aliphatic heterocycles. The second-order valence-corrected chi connectivity index (χ2v) is 33.5. The van der Waals surface area contributed by atoms with Crippen molar-refractivity contribution in [1.29, 1.82) is 0 Å². The highest BCUT2D eigenvalue weighted by atomic mass is 32.2. The van der Waals surface area contributed by atoms with Gasteiger partial charge in [0.25, 0.3) is 0 Å². The number of nitrogens with zero attached hydrogens (tertiary/aromatic N) is 4. The number of phenolic OH excluding ortho intramolecular Hbond substituents is 3. The van der Waals surface area contributed by atoms with E-state index in [1.165, 1.54) is 128 Å². The third-order valence-electron chi connectivity index (χ3n) is 21.8. The predicted molar refractivity (Wildman–Crippen MR) is 462 cm³/mol. The van der Waals surface area contributed by atoms with E-state index in [1.54, 1.807) is 20.1 Å². The number of carbonyl (C=O) groups is 19. The first-order valence-corrected chi connectivity index (χ1v) is 43.7. The molecule has 708 valence electrons. The molecule has 3 saturated heterocycles. The summed E-state index contributed by atoms with van der Waals surface area (Å²) in [4.78, 5) is 273.